The number of nitrogens with two attached hydrogens (primary N) is 1. The number of anilines is 1. The Bertz CT molecular complexity index is 636. The second-order valence-electron chi connectivity index (χ2n) is 4.85. The fourth-order valence-corrected chi connectivity index (χ4v) is 2.70. The highest BCUT2D eigenvalue weighted by Gasteiger charge is 2.51. The molecule has 1 fully saturated rings. The molecule has 2 aromatic rings. The SMILES string of the molecule is Nc1ncnc2c1ncn2[C@H]1C(O)C(O)[C@@H](CO)[C@@H]1F. The molecule has 3 rings (SSSR count). The number of nitrogens with zero attached hydrogens (tertiary/aromatic N) is 4. The van der Waals surface area contributed by atoms with E-state index in [-0.39, 0.29) is 11.5 Å². The molecule has 108 valence electrons. The van der Waals surface area contributed by atoms with E-state index in [4.69, 9.17) is 10.8 Å². The van der Waals surface area contributed by atoms with E-state index in [1.807, 2.05) is 0 Å². The van der Waals surface area contributed by atoms with Crippen molar-refractivity contribution < 1.29 is 19.7 Å². The summed E-state index contributed by atoms with van der Waals surface area (Å²) in [4.78, 5) is 11.8. The van der Waals surface area contributed by atoms with Crippen LogP contribution >= 0.6 is 0 Å². The molecule has 1 saturated carbocycles. The predicted octanol–water partition coefficient (Wildman–Crippen LogP) is -1.37. The van der Waals surface area contributed by atoms with Crippen molar-refractivity contribution in [2.45, 2.75) is 24.4 Å². The van der Waals surface area contributed by atoms with E-state index >= 15 is 0 Å². The summed E-state index contributed by atoms with van der Waals surface area (Å²) in [7, 11) is 0. The largest absolute Gasteiger partial charge is 0.396 e. The van der Waals surface area contributed by atoms with E-state index < -0.39 is 36.9 Å². The number of hydrogen-bond donors (Lipinski definition) is 4. The predicted molar refractivity (Wildman–Crippen MR) is 66.3 cm³/mol. The molecule has 8 nitrogen and oxygen atoms in total. The molecule has 1 aliphatic carbocycles. The zero-order valence-electron chi connectivity index (χ0n) is 10.3. The molecule has 0 bridgehead atoms. The van der Waals surface area contributed by atoms with E-state index in [0.717, 1.165) is 0 Å². The summed E-state index contributed by atoms with van der Waals surface area (Å²) in [5, 5.41) is 28.9. The summed E-state index contributed by atoms with van der Waals surface area (Å²) in [5.41, 5.74) is 6.22. The van der Waals surface area contributed by atoms with Crippen LogP contribution in [0.3, 0.4) is 0 Å². The molecule has 2 aromatic heterocycles. The van der Waals surface area contributed by atoms with Crippen LogP contribution in [0.1, 0.15) is 6.04 Å². The number of rotatable bonds is 2. The minimum atomic E-state index is -1.63. The highest BCUT2D eigenvalue weighted by Crippen LogP contribution is 2.39. The van der Waals surface area contributed by atoms with Crippen LogP contribution in [-0.2, 0) is 0 Å². The van der Waals surface area contributed by atoms with Crippen LogP contribution in [0.15, 0.2) is 12.7 Å². The minimum absolute atomic E-state index is 0.149. The number of aliphatic hydroxyl groups excluding tert-OH is 3. The Labute approximate surface area is 112 Å². The number of aliphatic hydroxyl groups is 3. The van der Waals surface area contributed by atoms with Gasteiger partial charge in [-0.15, -0.1) is 0 Å². The lowest BCUT2D eigenvalue weighted by molar-refractivity contribution is -0.00496. The zero-order chi connectivity index (χ0) is 14.4. The van der Waals surface area contributed by atoms with Gasteiger partial charge >= 0.3 is 0 Å². The highest BCUT2D eigenvalue weighted by atomic mass is 19.1. The van der Waals surface area contributed by atoms with Crippen molar-refractivity contribution in [1.82, 2.24) is 19.5 Å². The zero-order valence-corrected chi connectivity index (χ0v) is 10.3. The van der Waals surface area contributed by atoms with E-state index in [1.54, 1.807) is 0 Å². The topological polar surface area (TPSA) is 130 Å². The maximum atomic E-state index is 14.3. The van der Waals surface area contributed by atoms with Gasteiger partial charge in [0.15, 0.2) is 11.5 Å². The van der Waals surface area contributed by atoms with Crippen molar-refractivity contribution in [3.05, 3.63) is 12.7 Å². The lowest BCUT2D eigenvalue weighted by atomic mass is 10.1. The Morgan fingerprint density at radius 1 is 1.25 bits per heavy atom. The number of imidazole rings is 1. The number of hydrogen-bond acceptors (Lipinski definition) is 7. The van der Waals surface area contributed by atoms with Crippen LogP contribution in [0.2, 0.25) is 0 Å². The van der Waals surface area contributed by atoms with Crippen LogP contribution < -0.4 is 5.73 Å². The Morgan fingerprint density at radius 2 is 2.00 bits per heavy atom. The van der Waals surface area contributed by atoms with Gasteiger partial charge in [0.05, 0.1) is 25.1 Å². The smallest absolute Gasteiger partial charge is 0.165 e. The average molecular weight is 283 g/mol. The lowest BCUT2D eigenvalue weighted by Crippen LogP contribution is -2.30. The Balaban J connectivity index is 2.09. The molecule has 0 spiro atoms. The van der Waals surface area contributed by atoms with E-state index in [2.05, 4.69) is 15.0 Å². The maximum absolute atomic E-state index is 14.3. The van der Waals surface area contributed by atoms with Crippen LogP contribution in [0.4, 0.5) is 10.2 Å². The quantitative estimate of drug-likeness (QED) is 0.535. The number of halogens is 1. The van der Waals surface area contributed by atoms with Crippen molar-refractivity contribution in [1.29, 1.82) is 0 Å². The second-order valence-corrected chi connectivity index (χ2v) is 4.85. The molecule has 9 heteroatoms. The van der Waals surface area contributed by atoms with Gasteiger partial charge in [0.2, 0.25) is 0 Å². The van der Waals surface area contributed by atoms with Crippen molar-refractivity contribution in [2.24, 2.45) is 5.92 Å². The molecule has 5 N–H and O–H groups in total. The van der Waals surface area contributed by atoms with Gasteiger partial charge in [0, 0.05) is 5.92 Å². The molecule has 5 atom stereocenters. The van der Waals surface area contributed by atoms with E-state index in [1.165, 1.54) is 17.2 Å². The van der Waals surface area contributed by atoms with Crippen LogP contribution in [0.25, 0.3) is 11.2 Å². The third-order valence-electron chi connectivity index (χ3n) is 3.79. The standard InChI is InChI=1S/C11H14FN5O3/c12-5-4(1-18)8(19)9(20)7(5)17-3-16-6-10(13)14-2-15-11(6)17/h2-5,7-9,18-20H,1H2,(H2,13,14,15)/t4-,5-,7+,8?,9?/m0/s1. The van der Waals surface area contributed by atoms with Crippen molar-refractivity contribution in [3.8, 4) is 0 Å². The third-order valence-corrected chi connectivity index (χ3v) is 3.79. The molecule has 20 heavy (non-hydrogen) atoms. The first-order valence-electron chi connectivity index (χ1n) is 6.10. The molecule has 0 aliphatic heterocycles. The molecule has 2 unspecified atom stereocenters. The van der Waals surface area contributed by atoms with Gasteiger partial charge in [0.1, 0.15) is 24.1 Å². The number of fused-ring (bicyclic) bond motifs is 1. The first-order chi connectivity index (χ1) is 9.56. The molecule has 0 amide bonds. The van der Waals surface area contributed by atoms with Crippen LogP contribution in [-0.4, -0.2) is 59.8 Å². The summed E-state index contributed by atoms with van der Waals surface area (Å²) < 4.78 is 15.7. The first kappa shape index (κ1) is 13.2. The molecule has 1 aliphatic rings. The van der Waals surface area contributed by atoms with Gasteiger partial charge < -0.3 is 25.6 Å². The van der Waals surface area contributed by atoms with Gasteiger partial charge in [-0.25, -0.2) is 19.3 Å². The fraction of sp³-hybridized carbons (Fsp3) is 0.545. The molecule has 0 aromatic carbocycles. The van der Waals surface area contributed by atoms with Gasteiger partial charge in [-0.3, -0.25) is 0 Å². The monoisotopic (exact) mass is 283 g/mol. The van der Waals surface area contributed by atoms with Crippen LogP contribution in [0, 0.1) is 5.92 Å². The van der Waals surface area contributed by atoms with Crippen molar-refractivity contribution in [3.63, 3.8) is 0 Å². The van der Waals surface area contributed by atoms with Crippen molar-refractivity contribution >= 4 is 17.0 Å². The van der Waals surface area contributed by atoms with Gasteiger partial charge in [-0.05, 0) is 0 Å². The Kier molecular flexibility index (Phi) is 3.04. The van der Waals surface area contributed by atoms with Gasteiger partial charge in [-0.1, -0.05) is 0 Å². The highest BCUT2D eigenvalue weighted by molar-refractivity contribution is 5.81. The Hall–Kier alpha value is -1.84. The summed E-state index contributed by atoms with van der Waals surface area (Å²) in [6.45, 7) is -0.556. The second kappa shape index (κ2) is 4.62. The first-order valence-corrected chi connectivity index (χ1v) is 6.10. The Morgan fingerprint density at radius 3 is 2.65 bits per heavy atom. The van der Waals surface area contributed by atoms with Crippen molar-refractivity contribution in [2.75, 3.05) is 12.3 Å². The number of alkyl halides is 1. The number of nitrogen functional groups attached to an aromatic ring is 1. The minimum Gasteiger partial charge on any atom is -0.396 e. The summed E-state index contributed by atoms with van der Waals surface area (Å²) in [6, 6.07) is -1.08. The molecule has 0 radical (unpaired) electrons. The van der Waals surface area contributed by atoms with Gasteiger partial charge in [-0.2, -0.15) is 0 Å². The molecule has 0 saturated heterocycles. The van der Waals surface area contributed by atoms with Gasteiger partial charge in [0.25, 0.3) is 0 Å². The number of aromatic nitrogens is 4. The summed E-state index contributed by atoms with van der Waals surface area (Å²) >= 11 is 0. The fourth-order valence-electron chi connectivity index (χ4n) is 2.70. The summed E-state index contributed by atoms with van der Waals surface area (Å²) in [5.74, 6) is -0.900. The average Bonchev–Trinajstić information content (AvgIpc) is 2.92. The lowest BCUT2D eigenvalue weighted by Gasteiger charge is -2.19. The van der Waals surface area contributed by atoms with E-state index in [9.17, 15) is 14.6 Å². The maximum Gasteiger partial charge on any atom is 0.165 e. The molecular weight excluding hydrogens is 269 g/mol. The normalized spacial score (nSPS) is 33.9. The molecule has 2 heterocycles. The van der Waals surface area contributed by atoms with E-state index in [0.29, 0.717) is 5.52 Å². The van der Waals surface area contributed by atoms with Crippen LogP contribution in [0.5, 0.6) is 0 Å². The summed E-state index contributed by atoms with van der Waals surface area (Å²) in [6.07, 6.45) is -1.83. The third kappa shape index (κ3) is 1.67. The molecular formula is C11H14FN5O3.